The first-order valence-electron chi connectivity index (χ1n) is 2.35. The summed E-state index contributed by atoms with van der Waals surface area (Å²) in [5, 5.41) is 10.4. The highest BCUT2D eigenvalue weighted by Crippen LogP contribution is 2.09. The maximum Gasteiger partial charge on any atom is 0.0884 e. The molecule has 8 heavy (non-hydrogen) atoms. The Labute approximate surface area is 52.3 Å². The number of hydrogen-bond acceptors (Lipinski definition) is 3. The summed E-state index contributed by atoms with van der Waals surface area (Å²) in [5.41, 5.74) is 0.904. The molecule has 0 fully saturated rings. The first-order chi connectivity index (χ1) is 3.93. The van der Waals surface area contributed by atoms with Crippen LogP contribution in [0.15, 0.2) is 16.0 Å². The van der Waals surface area contributed by atoms with Crippen LogP contribution in [-0.2, 0) is 0 Å². The summed E-state index contributed by atoms with van der Waals surface area (Å²) < 4.78 is 0. The summed E-state index contributed by atoms with van der Waals surface area (Å²) in [6.07, 6.45) is 1.70. The maximum absolute atomic E-state index is 8.52. The summed E-state index contributed by atoms with van der Waals surface area (Å²) in [5.74, 6) is 0.795. The number of aliphatic imine (C=N–C) groups is 1. The minimum Gasteiger partial charge on any atom is -0.392 e. The molecule has 0 saturated heterocycles. The molecule has 0 aromatic heterocycles. The van der Waals surface area contributed by atoms with Gasteiger partial charge in [-0.1, -0.05) is 0 Å². The van der Waals surface area contributed by atoms with E-state index in [-0.39, 0.29) is 6.61 Å². The summed E-state index contributed by atoms with van der Waals surface area (Å²) >= 11 is 1.61. The SMILES string of the molecule is OCC1=CSCN=C1. The van der Waals surface area contributed by atoms with E-state index in [0.717, 1.165) is 11.4 Å². The predicted molar refractivity (Wildman–Crippen MR) is 36.1 cm³/mol. The zero-order valence-electron chi connectivity index (χ0n) is 4.37. The fourth-order valence-corrected chi connectivity index (χ4v) is 1.03. The van der Waals surface area contributed by atoms with Gasteiger partial charge >= 0.3 is 0 Å². The van der Waals surface area contributed by atoms with Crippen molar-refractivity contribution in [2.75, 3.05) is 12.5 Å². The molecule has 0 bridgehead atoms. The van der Waals surface area contributed by atoms with Crippen LogP contribution in [0.25, 0.3) is 0 Å². The maximum atomic E-state index is 8.52. The number of nitrogens with zero attached hydrogens (tertiary/aromatic N) is 1. The second kappa shape index (κ2) is 2.89. The van der Waals surface area contributed by atoms with Gasteiger partial charge in [0, 0.05) is 11.8 Å². The molecule has 0 unspecified atom stereocenters. The molecule has 1 N–H and O–H groups in total. The predicted octanol–water partition coefficient (Wildman–Crippen LogP) is 0.638. The number of hydrogen-bond donors (Lipinski definition) is 1. The Morgan fingerprint density at radius 2 is 2.75 bits per heavy atom. The Morgan fingerprint density at radius 1 is 1.88 bits per heavy atom. The molecule has 0 atom stereocenters. The van der Waals surface area contributed by atoms with Crippen LogP contribution < -0.4 is 0 Å². The molecular formula is C5H7NOS. The molecule has 2 nitrogen and oxygen atoms in total. The van der Waals surface area contributed by atoms with Crippen molar-refractivity contribution in [2.24, 2.45) is 4.99 Å². The van der Waals surface area contributed by atoms with Gasteiger partial charge in [0.2, 0.25) is 0 Å². The van der Waals surface area contributed by atoms with Gasteiger partial charge in [-0.25, -0.2) is 0 Å². The van der Waals surface area contributed by atoms with E-state index in [4.69, 9.17) is 5.11 Å². The highest BCUT2D eigenvalue weighted by molar-refractivity contribution is 8.02. The Balaban J connectivity index is 2.51. The van der Waals surface area contributed by atoms with E-state index in [9.17, 15) is 0 Å². The quantitative estimate of drug-likeness (QED) is 0.563. The molecule has 1 aliphatic heterocycles. The summed E-state index contributed by atoms with van der Waals surface area (Å²) in [7, 11) is 0. The normalized spacial score (nSPS) is 18.4. The molecule has 0 aromatic rings. The van der Waals surface area contributed by atoms with Gasteiger partial charge in [0.15, 0.2) is 0 Å². The smallest absolute Gasteiger partial charge is 0.0884 e. The van der Waals surface area contributed by atoms with Gasteiger partial charge in [-0.3, -0.25) is 4.99 Å². The van der Waals surface area contributed by atoms with E-state index in [0.29, 0.717) is 0 Å². The lowest BCUT2D eigenvalue weighted by molar-refractivity contribution is 0.338. The Kier molecular flexibility index (Phi) is 2.11. The van der Waals surface area contributed by atoms with E-state index in [1.54, 1.807) is 18.0 Å². The van der Waals surface area contributed by atoms with Crippen molar-refractivity contribution in [1.82, 2.24) is 0 Å². The van der Waals surface area contributed by atoms with Gasteiger partial charge < -0.3 is 5.11 Å². The lowest BCUT2D eigenvalue weighted by Crippen LogP contribution is -1.94. The molecular weight excluding hydrogens is 122 g/mol. The topological polar surface area (TPSA) is 32.6 Å². The Bertz CT molecular complexity index is 130. The minimum atomic E-state index is 0.108. The van der Waals surface area contributed by atoms with Gasteiger partial charge in [-0.15, -0.1) is 11.8 Å². The number of rotatable bonds is 1. The highest BCUT2D eigenvalue weighted by Gasteiger charge is 1.93. The van der Waals surface area contributed by atoms with Crippen LogP contribution in [0.1, 0.15) is 0 Å². The fourth-order valence-electron chi connectivity index (χ4n) is 0.450. The number of aliphatic hydroxyl groups excluding tert-OH is 1. The van der Waals surface area contributed by atoms with Crippen molar-refractivity contribution in [1.29, 1.82) is 0 Å². The first-order valence-corrected chi connectivity index (χ1v) is 3.39. The molecule has 0 amide bonds. The molecule has 0 radical (unpaired) electrons. The molecule has 0 aromatic carbocycles. The molecule has 1 heterocycles. The van der Waals surface area contributed by atoms with E-state index in [2.05, 4.69) is 4.99 Å². The van der Waals surface area contributed by atoms with E-state index >= 15 is 0 Å². The van der Waals surface area contributed by atoms with Crippen LogP contribution in [0.4, 0.5) is 0 Å². The molecule has 0 saturated carbocycles. The Hall–Kier alpha value is -0.280. The van der Waals surface area contributed by atoms with Gasteiger partial charge in [-0.05, 0) is 5.41 Å². The molecule has 1 aliphatic rings. The molecule has 0 spiro atoms. The van der Waals surface area contributed by atoms with Crippen molar-refractivity contribution in [2.45, 2.75) is 0 Å². The van der Waals surface area contributed by atoms with Crippen LogP contribution in [0.2, 0.25) is 0 Å². The van der Waals surface area contributed by atoms with E-state index in [1.165, 1.54) is 0 Å². The average molecular weight is 129 g/mol. The number of thioether (sulfide) groups is 1. The van der Waals surface area contributed by atoms with Crippen LogP contribution in [0.5, 0.6) is 0 Å². The van der Waals surface area contributed by atoms with Crippen molar-refractivity contribution in [3.05, 3.63) is 11.0 Å². The number of aliphatic hydroxyl groups is 1. The Morgan fingerprint density at radius 3 is 3.12 bits per heavy atom. The highest BCUT2D eigenvalue weighted by atomic mass is 32.2. The zero-order chi connectivity index (χ0) is 5.82. The fraction of sp³-hybridized carbons (Fsp3) is 0.400. The van der Waals surface area contributed by atoms with Crippen molar-refractivity contribution >= 4 is 18.0 Å². The molecule has 3 heteroatoms. The molecule has 44 valence electrons. The minimum absolute atomic E-state index is 0.108. The van der Waals surface area contributed by atoms with Crippen LogP contribution >= 0.6 is 11.8 Å². The second-order valence-corrected chi connectivity index (χ2v) is 2.29. The molecule has 0 aliphatic carbocycles. The zero-order valence-corrected chi connectivity index (χ0v) is 5.19. The van der Waals surface area contributed by atoms with Crippen molar-refractivity contribution in [3.8, 4) is 0 Å². The summed E-state index contributed by atoms with van der Waals surface area (Å²) in [6.45, 7) is 0.108. The van der Waals surface area contributed by atoms with Gasteiger partial charge in [0.1, 0.15) is 0 Å². The van der Waals surface area contributed by atoms with Crippen molar-refractivity contribution in [3.63, 3.8) is 0 Å². The average Bonchev–Trinajstić information content (AvgIpc) is 1.90. The summed E-state index contributed by atoms with van der Waals surface area (Å²) in [4.78, 5) is 3.94. The standard InChI is InChI=1S/C5H7NOS/c7-2-5-1-6-4-8-3-5/h1,3,7H,2,4H2. The van der Waals surface area contributed by atoms with E-state index < -0.39 is 0 Å². The second-order valence-electron chi connectivity index (χ2n) is 1.46. The van der Waals surface area contributed by atoms with E-state index in [1.807, 2.05) is 5.41 Å². The van der Waals surface area contributed by atoms with Gasteiger partial charge in [0.05, 0.1) is 12.5 Å². The third-order valence-corrected chi connectivity index (χ3v) is 1.59. The monoisotopic (exact) mass is 129 g/mol. The van der Waals surface area contributed by atoms with Crippen LogP contribution in [0.3, 0.4) is 0 Å². The van der Waals surface area contributed by atoms with Crippen LogP contribution in [-0.4, -0.2) is 23.8 Å². The summed E-state index contributed by atoms with van der Waals surface area (Å²) in [6, 6.07) is 0. The third kappa shape index (κ3) is 1.35. The lowest BCUT2D eigenvalue weighted by Gasteiger charge is -1.99. The lowest BCUT2D eigenvalue weighted by atomic mass is 10.4. The molecule has 1 rings (SSSR count). The first kappa shape index (κ1) is 5.85. The van der Waals surface area contributed by atoms with Gasteiger partial charge in [0.25, 0.3) is 0 Å². The van der Waals surface area contributed by atoms with Gasteiger partial charge in [-0.2, -0.15) is 0 Å². The largest absolute Gasteiger partial charge is 0.392 e. The third-order valence-electron chi connectivity index (χ3n) is 0.823. The van der Waals surface area contributed by atoms with Crippen LogP contribution in [0, 0.1) is 0 Å². The van der Waals surface area contributed by atoms with Crippen molar-refractivity contribution < 1.29 is 5.11 Å².